The molecule has 28 heavy (non-hydrogen) atoms. The molecule has 0 heterocycles. The number of benzene rings is 2. The van der Waals surface area contributed by atoms with Gasteiger partial charge in [0.2, 0.25) is 0 Å². The summed E-state index contributed by atoms with van der Waals surface area (Å²) in [5, 5.41) is 11.9. The highest BCUT2D eigenvalue weighted by Gasteiger charge is 2.19. The third-order valence-electron chi connectivity index (χ3n) is 3.59. The maximum absolute atomic E-state index is 11.8. The molecule has 1 atom stereocenters. The molecular weight excluding hydrogens is 348 g/mol. The normalized spacial score (nSPS) is 11.5. The molecule has 0 bridgehead atoms. The molecule has 0 fully saturated rings. The van der Waals surface area contributed by atoms with Crippen LogP contribution in [0.25, 0.3) is 11.1 Å². The van der Waals surface area contributed by atoms with Crippen LogP contribution < -0.4 is 5.32 Å². The molecule has 0 spiro atoms. The molecular formula is C24H32N2O2. The highest BCUT2D eigenvalue weighted by atomic mass is 16.6. The minimum Gasteiger partial charge on any atom is -0.444 e. The third kappa shape index (κ3) is 8.73. The molecule has 1 N–H and O–H groups in total. The topological polar surface area (TPSA) is 62.1 Å². The zero-order chi connectivity index (χ0) is 21.2. The summed E-state index contributed by atoms with van der Waals surface area (Å²) in [5.74, 6) is 0. The van der Waals surface area contributed by atoms with Gasteiger partial charge >= 0.3 is 6.09 Å². The van der Waals surface area contributed by atoms with Crippen molar-refractivity contribution in [3.05, 3.63) is 59.7 Å². The number of rotatable bonds is 4. The standard InChI is InChI=1S/C21H24N2O2.C3H8/c1-15-6-5-7-18(12-15)17-10-8-16(9-11-17)13-19(14-22)23-20(24)25-21(2,3)4;1-3-2/h5-12,19H,13H2,1-4H3,(H,23,24);3H2,1-2H3/t19-;/m0./s1. The minimum atomic E-state index is -0.625. The van der Waals surface area contributed by atoms with E-state index in [1.54, 1.807) is 20.8 Å². The Balaban J connectivity index is 0.00000122. The maximum atomic E-state index is 11.8. The van der Waals surface area contributed by atoms with Crippen molar-refractivity contribution in [3.8, 4) is 17.2 Å². The number of amides is 1. The molecule has 4 nitrogen and oxygen atoms in total. The second-order valence-electron chi connectivity index (χ2n) is 7.81. The number of ether oxygens (including phenoxy) is 1. The zero-order valence-electron chi connectivity index (χ0n) is 17.9. The van der Waals surface area contributed by atoms with Crippen molar-refractivity contribution >= 4 is 6.09 Å². The molecule has 150 valence electrons. The Morgan fingerprint density at radius 2 is 1.71 bits per heavy atom. The van der Waals surface area contributed by atoms with Gasteiger partial charge in [-0.05, 0) is 44.4 Å². The zero-order valence-corrected chi connectivity index (χ0v) is 17.9. The summed E-state index contributed by atoms with van der Waals surface area (Å²) in [5.41, 5.74) is 3.91. The Labute approximate surface area is 169 Å². The van der Waals surface area contributed by atoms with Gasteiger partial charge in [-0.15, -0.1) is 0 Å². The summed E-state index contributed by atoms with van der Waals surface area (Å²) in [6.07, 6.45) is 1.11. The summed E-state index contributed by atoms with van der Waals surface area (Å²) < 4.78 is 5.19. The number of alkyl carbamates (subject to hydrolysis) is 1. The average molecular weight is 381 g/mol. The van der Waals surface area contributed by atoms with Crippen molar-refractivity contribution in [3.63, 3.8) is 0 Å². The highest BCUT2D eigenvalue weighted by Crippen LogP contribution is 2.21. The fourth-order valence-corrected chi connectivity index (χ4v) is 2.47. The molecule has 4 heteroatoms. The van der Waals surface area contributed by atoms with Gasteiger partial charge in [-0.1, -0.05) is 74.4 Å². The number of carbonyl (C=O) groups excluding carboxylic acids is 1. The van der Waals surface area contributed by atoms with Crippen molar-refractivity contribution in [1.82, 2.24) is 5.32 Å². The van der Waals surface area contributed by atoms with Crippen LogP contribution in [-0.2, 0) is 11.2 Å². The Kier molecular flexibility index (Phi) is 9.24. The first kappa shape index (κ1) is 23.2. The highest BCUT2D eigenvalue weighted by molar-refractivity contribution is 5.68. The van der Waals surface area contributed by atoms with Crippen molar-refractivity contribution in [1.29, 1.82) is 5.26 Å². The fraction of sp³-hybridized carbons (Fsp3) is 0.417. The quantitative estimate of drug-likeness (QED) is 0.703. The molecule has 2 aromatic rings. The van der Waals surface area contributed by atoms with Crippen LogP contribution in [0, 0.1) is 18.3 Å². The van der Waals surface area contributed by atoms with Gasteiger partial charge in [0.05, 0.1) is 6.07 Å². The smallest absolute Gasteiger partial charge is 0.408 e. The first-order valence-corrected chi connectivity index (χ1v) is 9.73. The Hall–Kier alpha value is -2.80. The van der Waals surface area contributed by atoms with Gasteiger partial charge in [0.1, 0.15) is 11.6 Å². The summed E-state index contributed by atoms with van der Waals surface area (Å²) in [7, 11) is 0. The number of carbonyl (C=O) groups is 1. The van der Waals surface area contributed by atoms with E-state index in [0.717, 1.165) is 16.7 Å². The van der Waals surface area contributed by atoms with Crippen molar-refractivity contribution in [2.75, 3.05) is 0 Å². The lowest BCUT2D eigenvalue weighted by atomic mass is 10.00. The van der Waals surface area contributed by atoms with Gasteiger partial charge in [-0.2, -0.15) is 5.26 Å². The molecule has 0 aliphatic carbocycles. The molecule has 2 rings (SSSR count). The molecule has 0 aliphatic heterocycles. The van der Waals surface area contributed by atoms with E-state index in [1.165, 1.54) is 12.0 Å². The predicted molar refractivity (Wildman–Crippen MR) is 115 cm³/mol. The largest absolute Gasteiger partial charge is 0.444 e. The van der Waals surface area contributed by atoms with Crippen LogP contribution in [0.4, 0.5) is 4.79 Å². The van der Waals surface area contributed by atoms with Crippen molar-refractivity contribution in [2.45, 2.75) is 66.0 Å². The molecule has 1 amide bonds. The van der Waals surface area contributed by atoms with E-state index in [1.807, 2.05) is 30.3 Å². The van der Waals surface area contributed by atoms with Crippen LogP contribution in [0.15, 0.2) is 48.5 Å². The first-order chi connectivity index (χ1) is 13.2. The van der Waals surface area contributed by atoms with Gasteiger partial charge in [0.15, 0.2) is 0 Å². The van der Waals surface area contributed by atoms with E-state index in [0.29, 0.717) is 6.42 Å². The van der Waals surface area contributed by atoms with Crippen LogP contribution >= 0.6 is 0 Å². The second kappa shape index (κ2) is 11.1. The molecule has 0 saturated carbocycles. The monoisotopic (exact) mass is 380 g/mol. The van der Waals surface area contributed by atoms with Crippen LogP contribution in [-0.4, -0.2) is 17.7 Å². The van der Waals surface area contributed by atoms with Crippen LogP contribution in [0.1, 0.15) is 52.2 Å². The lowest BCUT2D eigenvalue weighted by Crippen LogP contribution is -2.39. The van der Waals surface area contributed by atoms with Crippen molar-refractivity contribution in [2.24, 2.45) is 0 Å². The van der Waals surface area contributed by atoms with Gasteiger partial charge < -0.3 is 10.1 Å². The Bertz CT molecular complexity index is 783. The van der Waals surface area contributed by atoms with E-state index < -0.39 is 17.7 Å². The Morgan fingerprint density at radius 3 is 2.21 bits per heavy atom. The number of hydrogen-bond donors (Lipinski definition) is 1. The number of nitrogens with zero attached hydrogens (tertiary/aromatic N) is 1. The minimum absolute atomic E-state index is 0.434. The molecule has 0 unspecified atom stereocenters. The average Bonchev–Trinajstić information content (AvgIpc) is 2.61. The molecule has 0 aliphatic rings. The second-order valence-corrected chi connectivity index (χ2v) is 7.81. The molecule has 2 aromatic carbocycles. The van der Waals surface area contributed by atoms with E-state index in [-0.39, 0.29) is 0 Å². The lowest BCUT2D eigenvalue weighted by Gasteiger charge is -2.21. The van der Waals surface area contributed by atoms with E-state index in [9.17, 15) is 10.1 Å². The van der Waals surface area contributed by atoms with E-state index >= 15 is 0 Å². The van der Waals surface area contributed by atoms with Crippen LogP contribution in [0.3, 0.4) is 0 Å². The summed E-state index contributed by atoms with van der Waals surface area (Å²) >= 11 is 0. The third-order valence-corrected chi connectivity index (χ3v) is 3.59. The fourth-order valence-electron chi connectivity index (χ4n) is 2.47. The number of nitrogens with one attached hydrogen (secondary N) is 1. The van der Waals surface area contributed by atoms with Crippen LogP contribution in [0.2, 0.25) is 0 Å². The summed E-state index contributed by atoms with van der Waals surface area (Å²) in [4.78, 5) is 11.8. The van der Waals surface area contributed by atoms with E-state index in [2.05, 4.69) is 50.4 Å². The number of aryl methyl sites for hydroxylation is 1. The number of nitriles is 1. The summed E-state index contributed by atoms with van der Waals surface area (Å²) in [6.45, 7) is 11.7. The summed E-state index contributed by atoms with van der Waals surface area (Å²) in [6, 6.07) is 17.8. The molecule has 0 aromatic heterocycles. The first-order valence-electron chi connectivity index (χ1n) is 9.73. The lowest BCUT2D eigenvalue weighted by molar-refractivity contribution is 0.0516. The van der Waals surface area contributed by atoms with Gasteiger partial charge in [0, 0.05) is 6.42 Å². The van der Waals surface area contributed by atoms with Crippen molar-refractivity contribution < 1.29 is 9.53 Å². The van der Waals surface area contributed by atoms with Crippen LogP contribution in [0.5, 0.6) is 0 Å². The molecule has 0 radical (unpaired) electrons. The predicted octanol–water partition coefficient (Wildman–Crippen LogP) is 6.04. The van der Waals surface area contributed by atoms with Gasteiger partial charge in [-0.3, -0.25) is 0 Å². The van der Waals surface area contributed by atoms with Gasteiger partial charge in [-0.25, -0.2) is 4.79 Å². The molecule has 0 saturated heterocycles. The maximum Gasteiger partial charge on any atom is 0.408 e. The van der Waals surface area contributed by atoms with E-state index in [4.69, 9.17) is 4.74 Å². The Morgan fingerprint density at radius 1 is 1.11 bits per heavy atom. The SMILES string of the molecule is CCC.Cc1cccc(-c2ccc(C[C@@H](C#N)NC(=O)OC(C)(C)C)cc2)c1. The van der Waals surface area contributed by atoms with Gasteiger partial charge in [0.25, 0.3) is 0 Å². The number of hydrogen-bond acceptors (Lipinski definition) is 3.